The molecule has 0 saturated carbocycles. The Morgan fingerprint density at radius 3 is 2.88 bits per heavy atom. The van der Waals surface area contributed by atoms with E-state index in [1.807, 2.05) is 29.1 Å². The molecule has 0 radical (unpaired) electrons. The first-order valence-electron chi connectivity index (χ1n) is 8.12. The van der Waals surface area contributed by atoms with Gasteiger partial charge in [-0.1, -0.05) is 35.5 Å². The van der Waals surface area contributed by atoms with Gasteiger partial charge in [0.05, 0.1) is 18.3 Å². The van der Waals surface area contributed by atoms with E-state index < -0.39 is 6.09 Å². The van der Waals surface area contributed by atoms with Gasteiger partial charge in [-0.05, 0) is 18.4 Å². The quantitative estimate of drug-likeness (QED) is 0.907. The summed E-state index contributed by atoms with van der Waals surface area (Å²) >= 11 is 0. The average Bonchev–Trinajstić information content (AvgIpc) is 3.09. The van der Waals surface area contributed by atoms with Crippen molar-refractivity contribution >= 4 is 6.09 Å². The Balaban J connectivity index is 1.63. The van der Waals surface area contributed by atoms with Crippen molar-refractivity contribution in [2.24, 2.45) is 0 Å². The van der Waals surface area contributed by atoms with E-state index in [1.54, 1.807) is 7.11 Å². The van der Waals surface area contributed by atoms with Crippen LogP contribution in [0.1, 0.15) is 23.6 Å². The van der Waals surface area contributed by atoms with Gasteiger partial charge in [0.2, 0.25) is 0 Å². The molecular formula is C17H22N4O3. The summed E-state index contributed by atoms with van der Waals surface area (Å²) in [6.07, 6.45) is 2.46. The number of rotatable bonds is 5. The highest BCUT2D eigenvalue weighted by molar-refractivity contribution is 5.65. The highest BCUT2D eigenvalue weighted by Gasteiger charge is 2.34. The van der Waals surface area contributed by atoms with Crippen LogP contribution in [0.2, 0.25) is 0 Å². The summed E-state index contributed by atoms with van der Waals surface area (Å²) in [5, 5.41) is 17.6. The van der Waals surface area contributed by atoms with E-state index in [2.05, 4.69) is 22.4 Å². The molecule has 128 valence electrons. The van der Waals surface area contributed by atoms with E-state index in [0.717, 1.165) is 18.7 Å². The van der Waals surface area contributed by atoms with Crippen LogP contribution in [0.5, 0.6) is 0 Å². The van der Waals surface area contributed by atoms with Crippen molar-refractivity contribution < 1.29 is 14.6 Å². The lowest BCUT2D eigenvalue weighted by atomic mass is 9.91. The molecule has 0 unspecified atom stereocenters. The summed E-state index contributed by atoms with van der Waals surface area (Å²) in [5.41, 5.74) is 2.14. The van der Waals surface area contributed by atoms with Crippen LogP contribution in [0.4, 0.5) is 4.79 Å². The number of carbonyl (C=O) groups is 1. The lowest BCUT2D eigenvalue weighted by molar-refractivity contribution is 0.0167. The Morgan fingerprint density at radius 2 is 2.17 bits per heavy atom. The molecule has 3 rings (SSSR count). The number of amides is 1. The lowest BCUT2D eigenvalue weighted by Gasteiger charge is -2.35. The van der Waals surface area contributed by atoms with Crippen molar-refractivity contribution in [3.63, 3.8) is 0 Å². The minimum Gasteiger partial charge on any atom is -0.465 e. The van der Waals surface area contributed by atoms with E-state index in [1.165, 1.54) is 10.5 Å². The summed E-state index contributed by atoms with van der Waals surface area (Å²) in [6, 6.07) is 10.3. The molecule has 0 spiro atoms. The van der Waals surface area contributed by atoms with Crippen LogP contribution >= 0.6 is 0 Å². The second-order valence-corrected chi connectivity index (χ2v) is 6.04. The smallest absolute Gasteiger partial charge is 0.407 e. The number of hydrogen-bond acceptors (Lipinski definition) is 4. The minimum absolute atomic E-state index is 0.0797. The number of benzene rings is 1. The average molecular weight is 330 g/mol. The zero-order valence-corrected chi connectivity index (χ0v) is 13.7. The first-order chi connectivity index (χ1) is 11.7. The predicted molar refractivity (Wildman–Crippen MR) is 87.9 cm³/mol. The summed E-state index contributed by atoms with van der Waals surface area (Å²) in [5.74, 6) is 0.0797. The molecule has 2 heterocycles. The molecular weight excluding hydrogens is 308 g/mol. The monoisotopic (exact) mass is 330 g/mol. The molecule has 0 aliphatic carbocycles. The van der Waals surface area contributed by atoms with E-state index in [0.29, 0.717) is 19.5 Å². The molecule has 1 N–H and O–H groups in total. The minimum atomic E-state index is -0.901. The van der Waals surface area contributed by atoms with Crippen molar-refractivity contribution in [3.05, 3.63) is 47.8 Å². The van der Waals surface area contributed by atoms with Gasteiger partial charge < -0.3 is 14.7 Å². The molecule has 1 amide bonds. The van der Waals surface area contributed by atoms with Crippen LogP contribution in [-0.2, 0) is 17.7 Å². The Bertz CT molecular complexity index is 673. The molecule has 2 aromatic rings. The standard InChI is InChI=1S/C17H22N4O3/c1-24-16-12-20(17(22)23)9-8-14(16)15-11-21(19-18-15)10-7-13-5-3-2-4-6-13/h2-6,11,14,16H,7-10,12H2,1H3,(H,22,23)/t14-,16+/m0/s1. The number of aromatic nitrogens is 3. The number of ether oxygens (including phenoxy) is 1. The van der Waals surface area contributed by atoms with Gasteiger partial charge in [-0.3, -0.25) is 4.68 Å². The second-order valence-electron chi connectivity index (χ2n) is 6.04. The fraction of sp³-hybridized carbons (Fsp3) is 0.471. The molecule has 7 heteroatoms. The fourth-order valence-electron chi connectivity index (χ4n) is 3.15. The maximum absolute atomic E-state index is 11.1. The molecule has 0 bridgehead atoms. The van der Waals surface area contributed by atoms with Gasteiger partial charge in [-0.2, -0.15) is 0 Å². The van der Waals surface area contributed by atoms with Gasteiger partial charge in [0, 0.05) is 32.3 Å². The van der Waals surface area contributed by atoms with E-state index in [4.69, 9.17) is 9.84 Å². The van der Waals surface area contributed by atoms with Crippen molar-refractivity contribution in [1.29, 1.82) is 0 Å². The molecule has 1 aliphatic heterocycles. The Labute approximate surface area is 140 Å². The molecule has 1 aromatic heterocycles. The van der Waals surface area contributed by atoms with E-state index >= 15 is 0 Å². The fourth-order valence-corrected chi connectivity index (χ4v) is 3.15. The van der Waals surface area contributed by atoms with Crippen molar-refractivity contribution in [2.45, 2.75) is 31.4 Å². The van der Waals surface area contributed by atoms with Crippen molar-refractivity contribution in [3.8, 4) is 0 Å². The van der Waals surface area contributed by atoms with E-state index in [9.17, 15) is 4.79 Å². The third-order valence-electron chi connectivity index (χ3n) is 4.54. The first-order valence-corrected chi connectivity index (χ1v) is 8.12. The normalized spacial score (nSPS) is 21.0. The van der Waals surface area contributed by atoms with Gasteiger partial charge in [-0.25, -0.2) is 4.79 Å². The molecule has 24 heavy (non-hydrogen) atoms. The number of likely N-dealkylation sites (tertiary alicyclic amines) is 1. The topological polar surface area (TPSA) is 80.5 Å². The molecule has 1 aliphatic rings. The summed E-state index contributed by atoms with van der Waals surface area (Å²) in [7, 11) is 1.61. The molecule has 1 fully saturated rings. The van der Waals surface area contributed by atoms with Crippen LogP contribution in [-0.4, -0.2) is 57.4 Å². The Hall–Kier alpha value is -2.41. The number of hydrogen-bond donors (Lipinski definition) is 1. The summed E-state index contributed by atoms with van der Waals surface area (Å²) in [6.45, 7) is 1.63. The third kappa shape index (κ3) is 3.73. The number of methoxy groups -OCH3 is 1. The van der Waals surface area contributed by atoms with Crippen LogP contribution in [0, 0.1) is 0 Å². The zero-order chi connectivity index (χ0) is 16.9. The van der Waals surface area contributed by atoms with Gasteiger partial charge in [0.25, 0.3) is 0 Å². The maximum Gasteiger partial charge on any atom is 0.407 e. The second kappa shape index (κ2) is 7.44. The number of aryl methyl sites for hydroxylation is 2. The zero-order valence-electron chi connectivity index (χ0n) is 13.7. The van der Waals surface area contributed by atoms with Crippen LogP contribution in [0.25, 0.3) is 0 Å². The van der Waals surface area contributed by atoms with Gasteiger partial charge in [0.1, 0.15) is 0 Å². The number of carboxylic acid groups (broad SMARTS) is 1. The Morgan fingerprint density at radius 1 is 1.38 bits per heavy atom. The van der Waals surface area contributed by atoms with Crippen molar-refractivity contribution in [1.82, 2.24) is 19.9 Å². The van der Waals surface area contributed by atoms with Gasteiger partial charge in [0.15, 0.2) is 0 Å². The highest BCUT2D eigenvalue weighted by atomic mass is 16.5. The third-order valence-corrected chi connectivity index (χ3v) is 4.54. The van der Waals surface area contributed by atoms with Crippen LogP contribution in [0.3, 0.4) is 0 Å². The Kier molecular flexibility index (Phi) is 5.10. The van der Waals surface area contributed by atoms with Gasteiger partial charge in [-0.15, -0.1) is 5.10 Å². The molecule has 7 nitrogen and oxygen atoms in total. The predicted octanol–water partition coefficient (Wildman–Crippen LogP) is 2.00. The number of nitrogens with zero attached hydrogens (tertiary/aromatic N) is 4. The summed E-state index contributed by atoms with van der Waals surface area (Å²) < 4.78 is 7.34. The first kappa shape index (κ1) is 16.4. The molecule has 1 aromatic carbocycles. The largest absolute Gasteiger partial charge is 0.465 e. The SMILES string of the molecule is CO[C@@H]1CN(C(=O)O)CC[C@H]1c1cn(CCc2ccccc2)nn1. The number of piperidine rings is 1. The van der Waals surface area contributed by atoms with Crippen LogP contribution < -0.4 is 0 Å². The van der Waals surface area contributed by atoms with Gasteiger partial charge >= 0.3 is 6.09 Å². The highest BCUT2D eigenvalue weighted by Crippen LogP contribution is 2.28. The maximum atomic E-state index is 11.1. The van der Waals surface area contributed by atoms with Crippen LogP contribution in [0.15, 0.2) is 36.5 Å². The lowest BCUT2D eigenvalue weighted by Crippen LogP contribution is -2.46. The summed E-state index contributed by atoms with van der Waals surface area (Å²) in [4.78, 5) is 12.5. The molecule has 1 saturated heterocycles. The molecule has 2 atom stereocenters. The van der Waals surface area contributed by atoms with E-state index in [-0.39, 0.29) is 12.0 Å². The van der Waals surface area contributed by atoms with Crippen molar-refractivity contribution in [2.75, 3.05) is 20.2 Å².